The second kappa shape index (κ2) is 9.56. The predicted molar refractivity (Wildman–Crippen MR) is 109 cm³/mol. The number of nitrogens with zero attached hydrogens (tertiary/aromatic N) is 1. The summed E-state index contributed by atoms with van der Waals surface area (Å²) < 4.78 is 5.51. The quantitative estimate of drug-likeness (QED) is 0.813. The minimum absolute atomic E-state index is 0.0718. The number of carbonyl (C=O) groups excluding carboxylic acids is 1. The fourth-order valence-electron chi connectivity index (χ4n) is 3.83. The van der Waals surface area contributed by atoms with Gasteiger partial charge in [-0.3, -0.25) is 4.79 Å². The molecule has 2 aromatic rings. The number of benzene rings is 2. The molecule has 4 heteroatoms. The summed E-state index contributed by atoms with van der Waals surface area (Å²) in [7, 11) is 1.70. The normalized spacial score (nSPS) is 17.9. The van der Waals surface area contributed by atoms with E-state index >= 15 is 0 Å². The lowest BCUT2D eigenvalue weighted by Crippen LogP contribution is -2.46. The first-order valence-electron chi connectivity index (χ1n) is 9.86. The fourth-order valence-corrected chi connectivity index (χ4v) is 3.83. The van der Waals surface area contributed by atoms with Gasteiger partial charge in [-0.1, -0.05) is 48.5 Å². The van der Waals surface area contributed by atoms with E-state index in [1.165, 1.54) is 5.56 Å². The summed E-state index contributed by atoms with van der Waals surface area (Å²) in [4.78, 5) is 15.4. The molecule has 144 valence electrons. The van der Waals surface area contributed by atoms with Crippen molar-refractivity contribution in [2.75, 3.05) is 20.2 Å². The molecule has 0 spiro atoms. The number of rotatable bonds is 7. The number of ether oxygens (including phenoxy) is 1. The van der Waals surface area contributed by atoms with Gasteiger partial charge in [0.2, 0.25) is 5.91 Å². The molecule has 0 aromatic heterocycles. The number of methoxy groups -OCH3 is 1. The molecule has 4 nitrogen and oxygen atoms in total. The van der Waals surface area contributed by atoms with Crippen LogP contribution < -0.4 is 10.1 Å². The van der Waals surface area contributed by atoms with Crippen LogP contribution in [0.4, 0.5) is 0 Å². The number of nitrogens with one attached hydrogen (secondary N) is 1. The molecule has 1 aliphatic heterocycles. The SMILES string of the molecule is COc1ccccc1CC(C)N(Cc1ccccc1)C(=O)C1CCCNC1. The zero-order valence-corrected chi connectivity index (χ0v) is 16.4. The van der Waals surface area contributed by atoms with Crippen LogP contribution in [-0.4, -0.2) is 37.0 Å². The maximum Gasteiger partial charge on any atom is 0.227 e. The summed E-state index contributed by atoms with van der Waals surface area (Å²) in [6.07, 6.45) is 2.82. The molecule has 3 rings (SSSR count). The van der Waals surface area contributed by atoms with Gasteiger partial charge in [-0.05, 0) is 49.9 Å². The smallest absolute Gasteiger partial charge is 0.227 e. The Morgan fingerprint density at radius 2 is 1.93 bits per heavy atom. The lowest BCUT2D eigenvalue weighted by atomic mass is 9.96. The minimum atomic E-state index is 0.0718. The van der Waals surface area contributed by atoms with Crippen molar-refractivity contribution in [2.45, 2.75) is 38.8 Å². The Morgan fingerprint density at radius 3 is 2.63 bits per heavy atom. The molecule has 0 bridgehead atoms. The third-order valence-electron chi connectivity index (χ3n) is 5.36. The van der Waals surface area contributed by atoms with Crippen LogP contribution in [0.3, 0.4) is 0 Å². The number of amides is 1. The fraction of sp³-hybridized carbons (Fsp3) is 0.435. The molecule has 1 amide bonds. The Kier molecular flexibility index (Phi) is 6.88. The van der Waals surface area contributed by atoms with E-state index in [4.69, 9.17) is 4.74 Å². The summed E-state index contributed by atoms with van der Waals surface area (Å²) >= 11 is 0. The summed E-state index contributed by atoms with van der Waals surface area (Å²) in [5, 5.41) is 3.37. The maximum atomic E-state index is 13.3. The molecule has 2 atom stereocenters. The highest BCUT2D eigenvalue weighted by Crippen LogP contribution is 2.24. The van der Waals surface area contributed by atoms with Crippen molar-refractivity contribution in [3.05, 3.63) is 65.7 Å². The molecule has 27 heavy (non-hydrogen) atoms. The molecule has 1 fully saturated rings. The lowest BCUT2D eigenvalue weighted by molar-refractivity contribution is -0.138. The van der Waals surface area contributed by atoms with E-state index in [0.717, 1.165) is 43.7 Å². The van der Waals surface area contributed by atoms with Gasteiger partial charge in [0.05, 0.1) is 13.0 Å². The molecule has 0 saturated carbocycles. The molecule has 1 N–H and O–H groups in total. The van der Waals surface area contributed by atoms with Crippen LogP contribution in [0.25, 0.3) is 0 Å². The van der Waals surface area contributed by atoms with Gasteiger partial charge in [0, 0.05) is 19.1 Å². The third kappa shape index (κ3) is 5.10. The van der Waals surface area contributed by atoms with E-state index < -0.39 is 0 Å². The van der Waals surface area contributed by atoms with Gasteiger partial charge in [-0.2, -0.15) is 0 Å². The van der Waals surface area contributed by atoms with Crippen LogP contribution in [0.1, 0.15) is 30.9 Å². The maximum absolute atomic E-state index is 13.3. The van der Waals surface area contributed by atoms with Gasteiger partial charge in [-0.15, -0.1) is 0 Å². The average molecular weight is 367 g/mol. The summed E-state index contributed by atoms with van der Waals surface area (Å²) in [6.45, 7) is 4.58. The largest absolute Gasteiger partial charge is 0.496 e. The molecule has 1 heterocycles. The molecular formula is C23H30N2O2. The minimum Gasteiger partial charge on any atom is -0.496 e. The van der Waals surface area contributed by atoms with Crippen molar-refractivity contribution in [1.29, 1.82) is 0 Å². The number of carbonyl (C=O) groups is 1. The first-order valence-corrected chi connectivity index (χ1v) is 9.86. The highest BCUT2D eigenvalue weighted by molar-refractivity contribution is 5.79. The van der Waals surface area contributed by atoms with Gasteiger partial charge in [-0.25, -0.2) is 0 Å². The van der Waals surface area contributed by atoms with Gasteiger partial charge in [0.25, 0.3) is 0 Å². The Morgan fingerprint density at radius 1 is 1.19 bits per heavy atom. The van der Waals surface area contributed by atoms with Gasteiger partial charge in [0.1, 0.15) is 5.75 Å². The summed E-state index contributed by atoms with van der Waals surface area (Å²) in [5.41, 5.74) is 2.31. The van der Waals surface area contributed by atoms with E-state index in [1.807, 2.05) is 36.4 Å². The van der Waals surface area contributed by atoms with Gasteiger partial charge in [0.15, 0.2) is 0 Å². The lowest BCUT2D eigenvalue weighted by Gasteiger charge is -2.34. The van der Waals surface area contributed by atoms with Crippen LogP contribution in [0.5, 0.6) is 5.75 Å². The first kappa shape index (κ1) is 19.4. The Balaban J connectivity index is 1.80. The Labute approximate surface area is 162 Å². The van der Waals surface area contributed by atoms with E-state index in [0.29, 0.717) is 6.54 Å². The molecule has 1 aliphatic rings. The Bertz CT molecular complexity index is 726. The standard InChI is InChI=1S/C23H30N2O2/c1-18(15-20-11-6-7-13-22(20)27-2)25(17-19-9-4-3-5-10-19)23(26)21-12-8-14-24-16-21/h3-7,9-11,13,18,21,24H,8,12,14-17H2,1-2H3. The molecule has 0 radical (unpaired) electrons. The van der Waals surface area contributed by atoms with Crippen molar-refractivity contribution < 1.29 is 9.53 Å². The molecule has 0 aliphatic carbocycles. The van der Waals surface area contributed by atoms with Crippen LogP contribution in [0.2, 0.25) is 0 Å². The molecular weight excluding hydrogens is 336 g/mol. The van der Waals surface area contributed by atoms with Gasteiger partial charge >= 0.3 is 0 Å². The van der Waals surface area contributed by atoms with Crippen LogP contribution in [-0.2, 0) is 17.8 Å². The van der Waals surface area contributed by atoms with E-state index in [2.05, 4.69) is 35.3 Å². The predicted octanol–water partition coefficient (Wildman–Crippen LogP) is 3.65. The zero-order valence-electron chi connectivity index (χ0n) is 16.4. The summed E-state index contributed by atoms with van der Waals surface area (Å²) in [6, 6.07) is 18.4. The Hall–Kier alpha value is -2.33. The monoisotopic (exact) mass is 366 g/mol. The zero-order chi connectivity index (χ0) is 19.1. The molecule has 1 saturated heterocycles. The molecule has 2 unspecified atom stereocenters. The van der Waals surface area contributed by atoms with Gasteiger partial charge < -0.3 is 15.0 Å². The third-order valence-corrected chi connectivity index (χ3v) is 5.36. The summed E-state index contributed by atoms with van der Waals surface area (Å²) in [5.74, 6) is 1.21. The average Bonchev–Trinajstić information content (AvgIpc) is 2.73. The van der Waals surface area contributed by atoms with Crippen molar-refractivity contribution in [2.24, 2.45) is 5.92 Å². The van der Waals surface area contributed by atoms with Crippen molar-refractivity contribution >= 4 is 5.91 Å². The van der Waals surface area contributed by atoms with E-state index in [1.54, 1.807) is 7.11 Å². The van der Waals surface area contributed by atoms with E-state index in [9.17, 15) is 4.79 Å². The van der Waals surface area contributed by atoms with E-state index in [-0.39, 0.29) is 17.9 Å². The van der Waals surface area contributed by atoms with Crippen LogP contribution in [0, 0.1) is 5.92 Å². The van der Waals surface area contributed by atoms with Crippen molar-refractivity contribution in [1.82, 2.24) is 10.2 Å². The number of piperidine rings is 1. The second-order valence-electron chi connectivity index (χ2n) is 7.36. The van der Waals surface area contributed by atoms with Crippen LogP contribution >= 0.6 is 0 Å². The topological polar surface area (TPSA) is 41.6 Å². The number of para-hydroxylation sites is 1. The second-order valence-corrected chi connectivity index (χ2v) is 7.36. The highest BCUT2D eigenvalue weighted by atomic mass is 16.5. The highest BCUT2D eigenvalue weighted by Gasteiger charge is 2.29. The number of hydrogen-bond acceptors (Lipinski definition) is 3. The van der Waals surface area contributed by atoms with Crippen molar-refractivity contribution in [3.63, 3.8) is 0 Å². The van der Waals surface area contributed by atoms with Crippen molar-refractivity contribution in [3.8, 4) is 5.75 Å². The van der Waals surface area contributed by atoms with Crippen LogP contribution in [0.15, 0.2) is 54.6 Å². The number of hydrogen-bond donors (Lipinski definition) is 1. The first-order chi connectivity index (χ1) is 13.2. The molecule has 2 aromatic carbocycles.